The predicted octanol–water partition coefficient (Wildman–Crippen LogP) is 3.85. The first-order valence-electron chi connectivity index (χ1n) is 7.01. The molecule has 118 valence electrons. The van der Waals surface area contributed by atoms with Gasteiger partial charge < -0.3 is 10.3 Å². The summed E-state index contributed by atoms with van der Waals surface area (Å²) in [5.41, 5.74) is 1.05. The third kappa shape index (κ3) is 3.00. The van der Waals surface area contributed by atoms with E-state index in [1.807, 2.05) is 18.2 Å². The molecule has 0 radical (unpaired) electrons. The number of thiophene rings is 1. The quantitative estimate of drug-likeness (QED) is 0.707. The van der Waals surface area contributed by atoms with Gasteiger partial charge in [-0.25, -0.2) is 4.98 Å². The molecule has 0 spiro atoms. The number of aryl methyl sites for hydroxylation is 1. The fourth-order valence-electron chi connectivity index (χ4n) is 2.27. The van der Waals surface area contributed by atoms with Crippen LogP contribution in [0.3, 0.4) is 0 Å². The van der Waals surface area contributed by atoms with Crippen LogP contribution in [0.2, 0.25) is 0 Å². The molecule has 0 fully saturated rings. The number of aromatic amines is 1. The third-order valence-electron chi connectivity index (χ3n) is 3.43. The average Bonchev–Trinajstić information content (AvgIpc) is 2.85. The van der Waals surface area contributed by atoms with Crippen molar-refractivity contribution in [2.75, 3.05) is 5.32 Å². The molecule has 1 aromatic carbocycles. The summed E-state index contributed by atoms with van der Waals surface area (Å²) in [6.45, 7) is 3.48. The van der Waals surface area contributed by atoms with E-state index in [2.05, 4.69) is 15.3 Å². The van der Waals surface area contributed by atoms with Crippen LogP contribution in [0.5, 0.6) is 0 Å². The molecule has 0 bridgehead atoms. The number of rotatable bonds is 3. The minimum Gasteiger partial charge on any atom is -0.321 e. The van der Waals surface area contributed by atoms with Crippen LogP contribution in [0.25, 0.3) is 10.2 Å². The number of nitrogens with one attached hydrogen (secondary N) is 2. The molecule has 2 heterocycles. The lowest BCUT2D eigenvalue weighted by Crippen LogP contribution is -2.13. The number of alkyl halides is 1. The van der Waals surface area contributed by atoms with Crippen LogP contribution in [0.4, 0.5) is 5.69 Å². The predicted molar refractivity (Wildman–Crippen MR) is 93.6 cm³/mol. The molecule has 5 nitrogen and oxygen atoms in total. The van der Waals surface area contributed by atoms with Crippen LogP contribution >= 0.6 is 22.9 Å². The summed E-state index contributed by atoms with van der Waals surface area (Å²) in [5, 5.41) is 2.85. The maximum Gasteiger partial charge on any atom is 0.266 e. The third-order valence-corrected chi connectivity index (χ3v) is 4.82. The molecule has 1 atom stereocenters. The molecule has 0 aliphatic rings. The van der Waals surface area contributed by atoms with Crippen LogP contribution in [-0.2, 0) is 0 Å². The Morgan fingerprint density at radius 2 is 2.04 bits per heavy atom. The number of amides is 1. The lowest BCUT2D eigenvalue weighted by Gasteiger charge is -2.03. The number of carbonyl (C=O) groups is 1. The minimum atomic E-state index is -0.406. The van der Waals surface area contributed by atoms with Gasteiger partial charge in [0.2, 0.25) is 0 Å². The Balaban J connectivity index is 2.05. The smallest absolute Gasteiger partial charge is 0.266 e. The number of nitrogens with zero attached hydrogens (tertiary/aromatic N) is 1. The van der Waals surface area contributed by atoms with E-state index in [0.717, 1.165) is 0 Å². The molecule has 1 unspecified atom stereocenters. The Hall–Kier alpha value is -2.18. The molecule has 2 aromatic heterocycles. The fourth-order valence-corrected chi connectivity index (χ4v) is 3.46. The second kappa shape index (κ2) is 6.14. The number of para-hydroxylation sites is 1. The maximum atomic E-state index is 12.5. The summed E-state index contributed by atoms with van der Waals surface area (Å²) in [6.07, 6.45) is 0. The van der Waals surface area contributed by atoms with Gasteiger partial charge in [0.05, 0.1) is 15.6 Å². The summed E-state index contributed by atoms with van der Waals surface area (Å²) in [4.78, 5) is 32.7. The lowest BCUT2D eigenvalue weighted by atomic mass is 10.2. The zero-order valence-electron chi connectivity index (χ0n) is 12.5. The van der Waals surface area contributed by atoms with Crippen LogP contribution in [-0.4, -0.2) is 15.9 Å². The van der Waals surface area contributed by atoms with E-state index >= 15 is 0 Å². The van der Waals surface area contributed by atoms with E-state index in [1.54, 1.807) is 26.0 Å². The van der Waals surface area contributed by atoms with Crippen LogP contribution < -0.4 is 10.9 Å². The van der Waals surface area contributed by atoms with Gasteiger partial charge in [-0.15, -0.1) is 22.9 Å². The molecule has 2 N–H and O–H groups in total. The number of hydrogen-bond donors (Lipinski definition) is 2. The molecule has 7 heteroatoms. The summed E-state index contributed by atoms with van der Waals surface area (Å²) in [6, 6.07) is 9.16. The van der Waals surface area contributed by atoms with Gasteiger partial charge >= 0.3 is 0 Å². The van der Waals surface area contributed by atoms with Gasteiger partial charge in [-0.3, -0.25) is 9.59 Å². The fraction of sp³-hybridized carbons (Fsp3) is 0.188. The Morgan fingerprint density at radius 1 is 1.35 bits per heavy atom. The molecule has 3 aromatic rings. The Morgan fingerprint density at radius 3 is 2.70 bits per heavy atom. The van der Waals surface area contributed by atoms with Crippen LogP contribution in [0.15, 0.2) is 35.1 Å². The molecule has 0 aliphatic carbocycles. The Kier molecular flexibility index (Phi) is 4.19. The number of benzene rings is 1. The number of carbonyl (C=O) groups excluding carboxylic acids is 1. The number of hydrogen-bond acceptors (Lipinski definition) is 4. The highest BCUT2D eigenvalue weighted by atomic mass is 35.5. The molecule has 0 aliphatic heterocycles. The van der Waals surface area contributed by atoms with Gasteiger partial charge in [-0.05, 0) is 31.5 Å². The largest absolute Gasteiger partial charge is 0.321 e. The van der Waals surface area contributed by atoms with Crippen molar-refractivity contribution in [1.29, 1.82) is 0 Å². The molecule has 23 heavy (non-hydrogen) atoms. The first-order valence-corrected chi connectivity index (χ1v) is 8.26. The highest BCUT2D eigenvalue weighted by molar-refractivity contribution is 7.20. The molecular weight excluding hydrogens is 334 g/mol. The van der Waals surface area contributed by atoms with Crippen molar-refractivity contribution in [2.45, 2.75) is 19.2 Å². The van der Waals surface area contributed by atoms with Crippen molar-refractivity contribution in [3.8, 4) is 0 Å². The monoisotopic (exact) mass is 347 g/mol. The number of aromatic nitrogens is 2. The maximum absolute atomic E-state index is 12.5. The average molecular weight is 348 g/mol. The van der Waals surface area contributed by atoms with Crippen molar-refractivity contribution in [1.82, 2.24) is 9.97 Å². The molecular formula is C16H14ClN3O2S. The van der Waals surface area contributed by atoms with Gasteiger partial charge in [0, 0.05) is 5.69 Å². The van der Waals surface area contributed by atoms with E-state index < -0.39 is 5.38 Å². The van der Waals surface area contributed by atoms with Crippen LogP contribution in [0, 0.1) is 6.92 Å². The summed E-state index contributed by atoms with van der Waals surface area (Å²) >= 11 is 7.18. The van der Waals surface area contributed by atoms with E-state index in [1.165, 1.54) is 11.3 Å². The normalized spacial score (nSPS) is 12.3. The summed E-state index contributed by atoms with van der Waals surface area (Å²) in [7, 11) is 0. The first-order chi connectivity index (χ1) is 11.0. The first kappa shape index (κ1) is 15.7. The summed E-state index contributed by atoms with van der Waals surface area (Å²) < 4.78 is 0. The summed E-state index contributed by atoms with van der Waals surface area (Å²) in [5.74, 6) is 0.150. The van der Waals surface area contributed by atoms with Crippen molar-refractivity contribution >= 4 is 44.7 Å². The van der Waals surface area contributed by atoms with Crippen molar-refractivity contribution in [3.05, 3.63) is 57.0 Å². The van der Waals surface area contributed by atoms with Gasteiger partial charge in [-0.2, -0.15) is 0 Å². The second-order valence-corrected chi connectivity index (χ2v) is 6.78. The lowest BCUT2D eigenvalue weighted by molar-refractivity contribution is 0.103. The Labute approximate surface area is 141 Å². The number of halogens is 1. The SMILES string of the molecule is Cc1c(C(=O)Nc2ccccc2)sc2nc(C(C)Cl)[nH]c(=O)c12. The molecule has 3 rings (SSSR count). The van der Waals surface area contributed by atoms with Gasteiger partial charge in [0.1, 0.15) is 10.7 Å². The highest BCUT2D eigenvalue weighted by Gasteiger charge is 2.20. The topological polar surface area (TPSA) is 74.8 Å². The second-order valence-electron chi connectivity index (χ2n) is 5.12. The minimum absolute atomic E-state index is 0.253. The van der Waals surface area contributed by atoms with Gasteiger partial charge in [0.25, 0.3) is 11.5 Å². The number of anilines is 1. The number of fused-ring (bicyclic) bond motifs is 1. The van der Waals surface area contributed by atoms with Crippen LogP contribution in [0.1, 0.15) is 33.4 Å². The van der Waals surface area contributed by atoms with Gasteiger partial charge in [0.15, 0.2) is 0 Å². The zero-order valence-corrected chi connectivity index (χ0v) is 14.1. The van der Waals surface area contributed by atoms with Crippen molar-refractivity contribution in [3.63, 3.8) is 0 Å². The zero-order chi connectivity index (χ0) is 16.6. The Bertz CT molecular complexity index is 932. The highest BCUT2D eigenvalue weighted by Crippen LogP contribution is 2.29. The van der Waals surface area contributed by atoms with Gasteiger partial charge in [-0.1, -0.05) is 18.2 Å². The molecule has 1 amide bonds. The number of H-pyrrole nitrogens is 1. The van der Waals surface area contributed by atoms with E-state index in [4.69, 9.17) is 11.6 Å². The van der Waals surface area contributed by atoms with E-state index in [-0.39, 0.29) is 11.5 Å². The standard InChI is InChI=1S/C16H14ClN3O2S/c1-8-11-14(21)19-13(9(2)17)20-16(11)23-12(8)15(22)18-10-6-4-3-5-7-10/h3-7,9H,1-2H3,(H,18,22)(H,19,20,21). The molecule has 0 saturated heterocycles. The van der Waals surface area contributed by atoms with Crippen molar-refractivity contribution < 1.29 is 4.79 Å². The van der Waals surface area contributed by atoms with Crippen molar-refractivity contribution in [2.24, 2.45) is 0 Å². The molecule has 0 saturated carbocycles. The van der Waals surface area contributed by atoms with E-state index in [0.29, 0.717) is 32.2 Å². The van der Waals surface area contributed by atoms with E-state index in [9.17, 15) is 9.59 Å².